The van der Waals surface area contributed by atoms with Crippen LogP contribution in [0, 0.1) is 0 Å². The van der Waals surface area contributed by atoms with Crippen molar-refractivity contribution >= 4 is 16.8 Å². The third kappa shape index (κ3) is 6.15. The summed E-state index contributed by atoms with van der Waals surface area (Å²) in [6, 6.07) is 4.19. The van der Waals surface area contributed by atoms with Crippen LogP contribution in [0.4, 0.5) is 0 Å². The lowest BCUT2D eigenvalue weighted by Gasteiger charge is -2.30. The molecule has 1 aliphatic rings. The summed E-state index contributed by atoms with van der Waals surface area (Å²) in [6.07, 6.45) is 8.53. The van der Waals surface area contributed by atoms with Gasteiger partial charge in [0.05, 0.1) is 6.26 Å². The van der Waals surface area contributed by atoms with E-state index < -0.39 is 10.8 Å². The first-order chi connectivity index (χ1) is 11.7. The van der Waals surface area contributed by atoms with Crippen LogP contribution in [0.15, 0.2) is 40.5 Å². The number of hydrogen-bond donors (Lipinski definition) is 2. The van der Waals surface area contributed by atoms with Crippen molar-refractivity contribution in [3.05, 3.63) is 36.8 Å². The molecule has 0 bridgehead atoms. The molecule has 1 saturated carbocycles. The van der Waals surface area contributed by atoms with Gasteiger partial charge in [0.15, 0.2) is 5.96 Å². The Bertz CT molecular complexity index is 542. The van der Waals surface area contributed by atoms with Gasteiger partial charge in [-0.2, -0.15) is 0 Å². The van der Waals surface area contributed by atoms with Gasteiger partial charge in [0, 0.05) is 47.4 Å². The van der Waals surface area contributed by atoms with Gasteiger partial charge in [0.1, 0.15) is 5.76 Å². The van der Waals surface area contributed by atoms with Gasteiger partial charge < -0.3 is 15.1 Å². The standard InChI is InChI=1S/C18H29N3O2S/c1-3-11-19-18(20-12-10-16-8-6-13-23-16)21-15-7-5-9-17(14-15)24(22)4-2/h3,6,8,13,15,17H,1,4-5,7,9-12,14H2,2H3,(H2,19,20,21). The van der Waals surface area contributed by atoms with Crippen molar-refractivity contribution in [2.45, 2.75) is 50.3 Å². The minimum Gasteiger partial charge on any atom is -0.469 e. The second-order valence-electron chi connectivity index (χ2n) is 6.03. The summed E-state index contributed by atoms with van der Waals surface area (Å²) in [6.45, 7) is 7.08. The maximum atomic E-state index is 12.1. The molecular weight excluding hydrogens is 322 g/mol. The molecule has 134 valence electrons. The SMILES string of the molecule is C=CCNC(=NCCc1ccco1)NC1CCCC(S(=O)CC)C1. The van der Waals surface area contributed by atoms with Gasteiger partial charge in [-0.25, -0.2) is 0 Å². The Balaban J connectivity index is 1.89. The van der Waals surface area contributed by atoms with Crippen molar-refractivity contribution in [3.63, 3.8) is 0 Å². The van der Waals surface area contributed by atoms with Crippen LogP contribution >= 0.6 is 0 Å². The van der Waals surface area contributed by atoms with Crippen LogP contribution in [-0.4, -0.2) is 40.3 Å². The number of aliphatic imine (C=N–C) groups is 1. The molecule has 3 atom stereocenters. The first kappa shape index (κ1) is 18.8. The summed E-state index contributed by atoms with van der Waals surface area (Å²) < 4.78 is 17.4. The molecule has 0 radical (unpaired) electrons. The summed E-state index contributed by atoms with van der Waals surface area (Å²) in [5.74, 6) is 2.49. The molecule has 0 aliphatic heterocycles. The average Bonchev–Trinajstić information content (AvgIpc) is 3.12. The zero-order chi connectivity index (χ0) is 17.2. The van der Waals surface area contributed by atoms with E-state index in [4.69, 9.17) is 4.42 Å². The van der Waals surface area contributed by atoms with E-state index in [2.05, 4.69) is 22.2 Å². The fourth-order valence-corrected chi connectivity index (χ4v) is 4.35. The average molecular weight is 352 g/mol. The van der Waals surface area contributed by atoms with E-state index >= 15 is 0 Å². The third-order valence-electron chi connectivity index (χ3n) is 4.25. The molecule has 2 rings (SSSR count). The Morgan fingerprint density at radius 1 is 1.54 bits per heavy atom. The van der Waals surface area contributed by atoms with E-state index in [0.29, 0.717) is 24.4 Å². The molecule has 1 fully saturated rings. The van der Waals surface area contributed by atoms with Crippen molar-refractivity contribution in [2.75, 3.05) is 18.8 Å². The van der Waals surface area contributed by atoms with Crippen LogP contribution in [0.2, 0.25) is 0 Å². The minimum absolute atomic E-state index is 0.310. The molecule has 24 heavy (non-hydrogen) atoms. The molecule has 0 aromatic carbocycles. The topological polar surface area (TPSA) is 66.6 Å². The first-order valence-electron chi connectivity index (χ1n) is 8.78. The van der Waals surface area contributed by atoms with E-state index in [-0.39, 0.29) is 0 Å². The summed E-state index contributed by atoms with van der Waals surface area (Å²) in [4.78, 5) is 4.63. The Morgan fingerprint density at radius 2 is 2.42 bits per heavy atom. The fraction of sp³-hybridized carbons (Fsp3) is 0.611. The van der Waals surface area contributed by atoms with Gasteiger partial charge in [-0.3, -0.25) is 9.20 Å². The Kier molecular flexibility index (Phi) is 8.08. The molecule has 2 N–H and O–H groups in total. The largest absolute Gasteiger partial charge is 0.469 e. The molecule has 1 aromatic heterocycles. The summed E-state index contributed by atoms with van der Waals surface area (Å²) in [5.41, 5.74) is 0. The van der Waals surface area contributed by atoms with Crippen molar-refractivity contribution in [2.24, 2.45) is 4.99 Å². The van der Waals surface area contributed by atoms with Gasteiger partial charge >= 0.3 is 0 Å². The van der Waals surface area contributed by atoms with Crippen LogP contribution in [0.3, 0.4) is 0 Å². The van der Waals surface area contributed by atoms with Crippen LogP contribution in [0.5, 0.6) is 0 Å². The Morgan fingerprint density at radius 3 is 3.12 bits per heavy atom. The number of nitrogens with one attached hydrogen (secondary N) is 2. The number of furan rings is 1. The lowest BCUT2D eigenvalue weighted by Crippen LogP contribution is -2.46. The third-order valence-corrected chi connectivity index (χ3v) is 5.99. The van der Waals surface area contributed by atoms with Crippen LogP contribution < -0.4 is 10.6 Å². The number of nitrogens with zero attached hydrogens (tertiary/aromatic N) is 1. The second-order valence-corrected chi connectivity index (χ2v) is 8.03. The summed E-state index contributed by atoms with van der Waals surface area (Å²) in [5, 5.41) is 7.09. The molecule has 1 aliphatic carbocycles. The maximum Gasteiger partial charge on any atom is 0.191 e. The number of rotatable bonds is 8. The van der Waals surface area contributed by atoms with Gasteiger partial charge in [-0.15, -0.1) is 6.58 Å². The van der Waals surface area contributed by atoms with Crippen LogP contribution in [0.25, 0.3) is 0 Å². The van der Waals surface area contributed by atoms with Crippen molar-refractivity contribution in [1.29, 1.82) is 0 Å². The van der Waals surface area contributed by atoms with Crippen molar-refractivity contribution in [1.82, 2.24) is 10.6 Å². The molecule has 1 heterocycles. The smallest absolute Gasteiger partial charge is 0.191 e. The van der Waals surface area contributed by atoms with E-state index in [9.17, 15) is 4.21 Å². The number of guanidine groups is 1. The van der Waals surface area contributed by atoms with E-state index in [1.807, 2.05) is 25.1 Å². The minimum atomic E-state index is -0.709. The first-order valence-corrected chi connectivity index (χ1v) is 10.2. The zero-order valence-corrected chi connectivity index (χ0v) is 15.3. The highest BCUT2D eigenvalue weighted by Gasteiger charge is 2.25. The van der Waals surface area contributed by atoms with E-state index in [0.717, 1.165) is 49.6 Å². The molecule has 6 heteroatoms. The van der Waals surface area contributed by atoms with Crippen molar-refractivity contribution < 1.29 is 8.63 Å². The molecule has 0 amide bonds. The highest BCUT2D eigenvalue weighted by atomic mass is 32.2. The van der Waals surface area contributed by atoms with Crippen LogP contribution in [0.1, 0.15) is 38.4 Å². The van der Waals surface area contributed by atoms with Gasteiger partial charge in [0.25, 0.3) is 0 Å². The van der Waals surface area contributed by atoms with Gasteiger partial charge in [0.2, 0.25) is 0 Å². The molecule has 3 unspecified atom stereocenters. The number of hydrogen-bond acceptors (Lipinski definition) is 3. The monoisotopic (exact) mass is 351 g/mol. The quantitative estimate of drug-likeness (QED) is 0.429. The van der Waals surface area contributed by atoms with Crippen LogP contribution in [-0.2, 0) is 17.2 Å². The highest BCUT2D eigenvalue weighted by Crippen LogP contribution is 2.22. The lowest BCUT2D eigenvalue weighted by molar-refractivity contribution is 0.413. The highest BCUT2D eigenvalue weighted by molar-refractivity contribution is 7.85. The molecule has 0 spiro atoms. The lowest BCUT2D eigenvalue weighted by atomic mass is 9.95. The van der Waals surface area contributed by atoms with Gasteiger partial charge in [-0.1, -0.05) is 19.4 Å². The Labute approximate surface area is 147 Å². The van der Waals surface area contributed by atoms with Gasteiger partial charge in [-0.05, 0) is 31.4 Å². The second kappa shape index (κ2) is 10.3. The maximum absolute atomic E-state index is 12.1. The molecule has 5 nitrogen and oxygen atoms in total. The normalized spacial score (nSPS) is 22.8. The Hall–Kier alpha value is -1.56. The zero-order valence-electron chi connectivity index (χ0n) is 14.5. The predicted octanol–water partition coefficient (Wildman–Crippen LogP) is 2.62. The fourth-order valence-electron chi connectivity index (χ4n) is 3.00. The van der Waals surface area contributed by atoms with Crippen molar-refractivity contribution in [3.8, 4) is 0 Å². The summed E-state index contributed by atoms with van der Waals surface area (Å²) >= 11 is 0. The summed E-state index contributed by atoms with van der Waals surface area (Å²) in [7, 11) is -0.709. The van der Waals surface area contributed by atoms with E-state index in [1.54, 1.807) is 6.26 Å². The van der Waals surface area contributed by atoms with E-state index in [1.165, 1.54) is 0 Å². The predicted molar refractivity (Wildman–Crippen MR) is 101 cm³/mol. The molecular formula is C18H29N3O2S. The molecule has 1 aromatic rings. The molecule has 0 saturated heterocycles.